The summed E-state index contributed by atoms with van der Waals surface area (Å²) >= 11 is 0. The minimum Gasteiger partial charge on any atom is -0.264 e. The molecule has 0 spiro atoms. The molecule has 0 radical (unpaired) electrons. The minimum absolute atomic E-state index is 1.14. The Kier molecular flexibility index (Phi) is 3.91. The van der Waals surface area contributed by atoms with E-state index < -0.39 is 0 Å². The van der Waals surface area contributed by atoms with Crippen molar-refractivity contribution in [1.29, 1.82) is 0 Å². The number of hydrogen-bond acceptors (Lipinski definition) is 1. The average molecular weight is 307 g/mol. The van der Waals surface area contributed by atoms with E-state index >= 15 is 0 Å². The van der Waals surface area contributed by atoms with Crippen molar-refractivity contribution >= 4 is 0 Å². The van der Waals surface area contributed by atoms with E-state index in [4.69, 9.17) is 0 Å². The number of nitrogens with zero attached hydrogens (tertiary/aromatic N) is 1. The van der Waals surface area contributed by atoms with Gasteiger partial charge in [-0.3, -0.25) is 4.98 Å². The number of hydrogen-bond donors (Lipinski definition) is 0. The summed E-state index contributed by atoms with van der Waals surface area (Å²) in [6.07, 6.45) is 3.69. The topological polar surface area (TPSA) is 12.9 Å². The van der Waals surface area contributed by atoms with Crippen LogP contribution >= 0.6 is 0 Å². The van der Waals surface area contributed by atoms with E-state index in [2.05, 4.69) is 83.8 Å². The zero-order valence-electron chi connectivity index (χ0n) is 13.3. The van der Waals surface area contributed by atoms with Crippen molar-refractivity contribution in [2.45, 2.75) is 0 Å². The van der Waals surface area contributed by atoms with Crippen LogP contribution < -0.4 is 0 Å². The third-order valence-electron chi connectivity index (χ3n) is 4.21. The van der Waals surface area contributed by atoms with Gasteiger partial charge in [0.2, 0.25) is 0 Å². The summed E-state index contributed by atoms with van der Waals surface area (Å²) < 4.78 is 0. The SMILES string of the molecule is c1ccc(-c2ccc(-c3ccc(-c4cccnc4)cc3)cc2)cc1. The van der Waals surface area contributed by atoms with Crippen molar-refractivity contribution in [3.63, 3.8) is 0 Å². The van der Waals surface area contributed by atoms with Crippen LogP contribution in [0.25, 0.3) is 33.4 Å². The Balaban J connectivity index is 1.60. The number of benzene rings is 3. The van der Waals surface area contributed by atoms with Gasteiger partial charge >= 0.3 is 0 Å². The van der Waals surface area contributed by atoms with Gasteiger partial charge in [0.1, 0.15) is 0 Å². The molecule has 4 aromatic rings. The fraction of sp³-hybridized carbons (Fsp3) is 0. The lowest BCUT2D eigenvalue weighted by molar-refractivity contribution is 1.33. The number of rotatable bonds is 3. The van der Waals surface area contributed by atoms with E-state index in [9.17, 15) is 0 Å². The van der Waals surface area contributed by atoms with E-state index in [0.29, 0.717) is 0 Å². The van der Waals surface area contributed by atoms with E-state index in [1.165, 1.54) is 27.8 Å². The van der Waals surface area contributed by atoms with Crippen molar-refractivity contribution < 1.29 is 0 Å². The summed E-state index contributed by atoms with van der Waals surface area (Å²) in [5.74, 6) is 0. The lowest BCUT2D eigenvalue weighted by Gasteiger charge is -2.06. The fourth-order valence-electron chi connectivity index (χ4n) is 2.87. The molecule has 0 saturated carbocycles. The molecule has 0 N–H and O–H groups in total. The maximum absolute atomic E-state index is 4.18. The van der Waals surface area contributed by atoms with Gasteiger partial charge in [-0.1, -0.05) is 84.9 Å². The van der Waals surface area contributed by atoms with Crippen LogP contribution in [-0.2, 0) is 0 Å². The Morgan fingerprint density at radius 2 is 0.792 bits per heavy atom. The third-order valence-corrected chi connectivity index (χ3v) is 4.21. The van der Waals surface area contributed by atoms with Crippen LogP contribution in [0.3, 0.4) is 0 Å². The van der Waals surface area contributed by atoms with Crippen LogP contribution in [0, 0.1) is 0 Å². The molecule has 3 aromatic carbocycles. The van der Waals surface area contributed by atoms with Gasteiger partial charge in [0, 0.05) is 12.4 Å². The molecule has 24 heavy (non-hydrogen) atoms. The molecule has 1 aromatic heterocycles. The van der Waals surface area contributed by atoms with E-state index in [1.54, 1.807) is 6.20 Å². The van der Waals surface area contributed by atoms with E-state index in [1.807, 2.05) is 18.3 Å². The van der Waals surface area contributed by atoms with Gasteiger partial charge in [-0.25, -0.2) is 0 Å². The van der Waals surface area contributed by atoms with Gasteiger partial charge in [0.15, 0.2) is 0 Å². The highest BCUT2D eigenvalue weighted by Gasteiger charge is 2.02. The monoisotopic (exact) mass is 307 g/mol. The predicted molar refractivity (Wildman–Crippen MR) is 101 cm³/mol. The van der Waals surface area contributed by atoms with Gasteiger partial charge in [0.05, 0.1) is 0 Å². The second-order valence-electron chi connectivity index (χ2n) is 5.76. The molecule has 0 fully saturated rings. The van der Waals surface area contributed by atoms with Gasteiger partial charge in [0.25, 0.3) is 0 Å². The predicted octanol–water partition coefficient (Wildman–Crippen LogP) is 6.08. The third kappa shape index (κ3) is 2.97. The van der Waals surface area contributed by atoms with Crippen molar-refractivity contribution in [2.75, 3.05) is 0 Å². The molecular formula is C23H17N. The molecule has 0 unspecified atom stereocenters. The van der Waals surface area contributed by atoms with Crippen LogP contribution in [0.1, 0.15) is 0 Å². The molecule has 0 amide bonds. The fourth-order valence-corrected chi connectivity index (χ4v) is 2.87. The first-order valence-corrected chi connectivity index (χ1v) is 8.06. The van der Waals surface area contributed by atoms with Crippen molar-refractivity contribution in [3.05, 3.63) is 103 Å². The normalized spacial score (nSPS) is 10.5. The van der Waals surface area contributed by atoms with Crippen LogP contribution in [0.15, 0.2) is 103 Å². The summed E-state index contributed by atoms with van der Waals surface area (Å²) in [5.41, 5.74) is 7.27. The van der Waals surface area contributed by atoms with Crippen LogP contribution in [-0.4, -0.2) is 4.98 Å². The standard InChI is InChI=1S/C23H17N/c1-2-5-18(6-3-1)19-8-10-20(11-9-19)21-12-14-22(15-13-21)23-7-4-16-24-17-23/h1-17H. The van der Waals surface area contributed by atoms with Gasteiger partial charge in [-0.2, -0.15) is 0 Å². The zero-order valence-corrected chi connectivity index (χ0v) is 13.3. The maximum Gasteiger partial charge on any atom is 0.0346 e. The van der Waals surface area contributed by atoms with Crippen molar-refractivity contribution in [3.8, 4) is 33.4 Å². The highest BCUT2D eigenvalue weighted by atomic mass is 14.6. The summed E-state index contributed by atoms with van der Waals surface area (Å²) in [6, 6.07) is 31.9. The van der Waals surface area contributed by atoms with Crippen molar-refractivity contribution in [1.82, 2.24) is 4.98 Å². The number of pyridine rings is 1. The minimum atomic E-state index is 1.14. The zero-order chi connectivity index (χ0) is 16.2. The lowest BCUT2D eigenvalue weighted by atomic mass is 9.98. The summed E-state index contributed by atoms with van der Waals surface area (Å²) in [4.78, 5) is 4.18. The Morgan fingerprint density at radius 1 is 0.375 bits per heavy atom. The van der Waals surface area contributed by atoms with E-state index in [-0.39, 0.29) is 0 Å². The van der Waals surface area contributed by atoms with Gasteiger partial charge in [-0.05, 0) is 39.4 Å². The molecule has 0 aliphatic rings. The largest absolute Gasteiger partial charge is 0.264 e. The molecule has 4 rings (SSSR count). The first-order chi connectivity index (χ1) is 11.9. The van der Waals surface area contributed by atoms with Crippen LogP contribution in [0.2, 0.25) is 0 Å². The molecule has 0 bridgehead atoms. The van der Waals surface area contributed by atoms with Crippen molar-refractivity contribution in [2.24, 2.45) is 0 Å². The quantitative estimate of drug-likeness (QED) is 0.447. The summed E-state index contributed by atoms with van der Waals surface area (Å²) in [7, 11) is 0. The maximum atomic E-state index is 4.18. The molecule has 0 aliphatic carbocycles. The number of aromatic nitrogens is 1. The molecule has 1 nitrogen and oxygen atoms in total. The highest BCUT2D eigenvalue weighted by Crippen LogP contribution is 2.27. The molecule has 1 heterocycles. The molecule has 114 valence electrons. The molecular weight excluding hydrogens is 290 g/mol. The van der Waals surface area contributed by atoms with Gasteiger partial charge < -0.3 is 0 Å². The lowest BCUT2D eigenvalue weighted by Crippen LogP contribution is -1.82. The Labute approximate surface area is 142 Å². The summed E-state index contributed by atoms with van der Waals surface area (Å²) in [6.45, 7) is 0. The second-order valence-corrected chi connectivity index (χ2v) is 5.76. The molecule has 1 heteroatoms. The highest BCUT2D eigenvalue weighted by molar-refractivity contribution is 5.73. The first-order valence-electron chi connectivity index (χ1n) is 8.06. The molecule has 0 aliphatic heterocycles. The first kappa shape index (κ1) is 14.4. The van der Waals surface area contributed by atoms with E-state index in [0.717, 1.165) is 5.56 Å². The Morgan fingerprint density at radius 3 is 1.25 bits per heavy atom. The Bertz CT molecular complexity index is 828. The smallest absolute Gasteiger partial charge is 0.0346 e. The second kappa shape index (κ2) is 6.51. The molecule has 0 saturated heterocycles. The Hall–Kier alpha value is -3.19. The van der Waals surface area contributed by atoms with Crippen LogP contribution in [0.5, 0.6) is 0 Å². The average Bonchev–Trinajstić information content (AvgIpc) is 2.70. The summed E-state index contributed by atoms with van der Waals surface area (Å²) in [5, 5.41) is 0. The molecule has 0 atom stereocenters. The van der Waals surface area contributed by atoms with Crippen LogP contribution in [0.4, 0.5) is 0 Å². The van der Waals surface area contributed by atoms with Gasteiger partial charge in [-0.15, -0.1) is 0 Å².